The molecule has 27 heavy (non-hydrogen) atoms. The quantitative estimate of drug-likeness (QED) is 0.734. The summed E-state index contributed by atoms with van der Waals surface area (Å²) >= 11 is 0. The van der Waals surface area contributed by atoms with E-state index in [4.69, 9.17) is 0 Å². The van der Waals surface area contributed by atoms with Gasteiger partial charge >= 0.3 is 0 Å². The van der Waals surface area contributed by atoms with Crippen LogP contribution in [0.5, 0.6) is 0 Å². The lowest BCUT2D eigenvalue weighted by atomic mass is 10.0. The van der Waals surface area contributed by atoms with Gasteiger partial charge in [0.05, 0.1) is 16.1 Å². The van der Waals surface area contributed by atoms with Gasteiger partial charge in [0, 0.05) is 18.2 Å². The number of fused-ring (bicyclic) bond motifs is 1. The number of carbonyl (C=O) groups excluding carboxylic acids is 2. The predicted octanol–water partition coefficient (Wildman–Crippen LogP) is 2.26. The molecule has 0 aromatic heterocycles. The minimum Gasteiger partial charge on any atom is -0.349 e. The number of amides is 2. The molecule has 1 aliphatic heterocycles. The number of sulfonamides is 1. The standard InChI is InChI=1S/C19H19N3O4S/c23-18-10-5-12-11-14(8-9-16(12)21-18)27(25,26)22-17-4-2-1-3-15(17)19(24)20-13-6-7-13/h1-4,8-9,11,13,22H,5-7,10H2,(H,20,24)(H,21,23). The van der Waals surface area contributed by atoms with Gasteiger partial charge in [0.2, 0.25) is 5.91 Å². The van der Waals surface area contributed by atoms with Gasteiger partial charge in [-0.25, -0.2) is 8.42 Å². The van der Waals surface area contributed by atoms with Crippen LogP contribution in [0.1, 0.15) is 35.2 Å². The summed E-state index contributed by atoms with van der Waals surface area (Å²) in [6.07, 6.45) is 2.72. The summed E-state index contributed by atoms with van der Waals surface area (Å²) in [5.41, 5.74) is 1.94. The van der Waals surface area contributed by atoms with Crippen molar-refractivity contribution in [3.8, 4) is 0 Å². The first-order chi connectivity index (χ1) is 12.9. The Balaban J connectivity index is 1.60. The van der Waals surface area contributed by atoms with E-state index in [1.54, 1.807) is 36.4 Å². The highest BCUT2D eigenvalue weighted by Gasteiger charge is 2.26. The van der Waals surface area contributed by atoms with Gasteiger partial charge in [0.25, 0.3) is 15.9 Å². The Labute approximate surface area is 157 Å². The van der Waals surface area contributed by atoms with E-state index in [2.05, 4.69) is 15.4 Å². The molecule has 1 aliphatic carbocycles. The van der Waals surface area contributed by atoms with Crippen LogP contribution in [0.15, 0.2) is 47.4 Å². The molecule has 3 N–H and O–H groups in total. The highest BCUT2D eigenvalue weighted by atomic mass is 32.2. The molecule has 0 bridgehead atoms. The Morgan fingerprint density at radius 3 is 2.63 bits per heavy atom. The molecule has 0 radical (unpaired) electrons. The molecule has 0 saturated heterocycles. The van der Waals surface area contributed by atoms with Crippen LogP contribution >= 0.6 is 0 Å². The lowest BCUT2D eigenvalue weighted by molar-refractivity contribution is -0.116. The summed E-state index contributed by atoms with van der Waals surface area (Å²) in [4.78, 5) is 23.9. The summed E-state index contributed by atoms with van der Waals surface area (Å²) in [5.74, 6) is -0.365. The molecule has 0 spiro atoms. The Morgan fingerprint density at radius 2 is 1.85 bits per heavy atom. The number of rotatable bonds is 5. The summed E-state index contributed by atoms with van der Waals surface area (Å²) in [7, 11) is -3.87. The van der Waals surface area contributed by atoms with Crippen molar-refractivity contribution in [1.82, 2.24) is 5.32 Å². The largest absolute Gasteiger partial charge is 0.349 e. The highest BCUT2D eigenvalue weighted by Crippen LogP contribution is 2.27. The second-order valence-electron chi connectivity index (χ2n) is 6.77. The zero-order valence-corrected chi connectivity index (χ0v) is 15.3. The van der Waals surface area contributed by atoms with E-state index in [-0.39, 0.29) is 34.0 Å². The van der Waals surface area contributed by atoms with Crippen molar-refractivity contribution in [3.63, 3.8) is 0 Å². The maximum atomic E-state index is 12.8. The van der Waals surface area contributed by atoms with Crippen molar-refractivity contribution in [1.29, 1.82) is 0 Å². The molecule has 0 unspecified atom stereocenters. The molecule has 140 valence electrons. The number of hydrogen-bond donors (Lipinski definition) is 3. The van der Waals surface area contributed by atoms with E-state index in [9.17, 15) is 18.0 Å². The maximum absolute atomic E-state index is 12.8. The van der Waals surface area contributed by atoms with Crippen LogP contribution in [0.4, 0.5) is 11.4 Å². The normalized spacial score (nSPS) is 16.2. The van der Waals surface area contributed by atoms with Gasteiger partial charge < -0.3 is 10.6 Å². The molecule has 2 aromatic rings. The van der Waals surface area contributed by atoms with Crippen molar-refractivity contribution in [2.75, 3.05) is 10.0 Å². The summed E-state index contributed by atoms with van der Waals surface area (Å²) in [6.45, 7) is 0. The predicted molar refractivity (Wildman–Crippen MR) is 101 cm³/mol. The van der Waals surface area contributed by atoms with Crippen LogP contribution in [-0.4, -0.2) is 26.3 Å². The average molecular weight is 385 g/mol. The minimum atomic E-state index is -3.87. The molecule has 1 saturated carbocycles. The van der Waals surface area contributed by atoms with Crippen LogP contribution in [0.25, 0.3) is 0 Å². The fraction of sp³-hybridized carbons (Fsp3) is 0.263. The first-order valence-corrected chi connectivity index (χ1v) is 10.3. The maximum Gasteiger partial charge on any atom is 0.261 e. The van der Waals surface area contributed by atoms with Crippen molar-refractivity contribution in [2.24, 2.45) is 0 Å². The van der Waals surface area contributed by atoms with E-state index >= 15 is 0 Å². The van der Waals surface area contributed by atoms with Crippen LogP contribution in [0, 0.1) is 0 Å². The third-order valence-electron chi connectivity index (χ3n) is 4.61. The van der Waals surface area contributed by atoms with Gasteiger partial charge in [-0.2, -0.15) is 0 Å². The molecule has 1 heterocycles. The van der Waals surface area contributed by atoms with Gasteiger partial charge in [-0.05, 0) is 55.2 Å². The SMILES string of the molecule is O=C1CCc2cc(S(=O)(=O)Nc3ccccc3C(=O)NC3CC3)ccc2N1. The zero-order valence-electron chi connectivity index (χ0n) is 14.5. The van der Waals surface area contributed by atoms with Gasteiger partial charge in [-0.1, -0.05) is 12.1 Å². The van der Waals surface area contributed by atoms with E-state index in [0.717, 1.165) is 18.4 Å². The first kappa shape index (κ1) is 17.5. The molecule has 2 aromatic carbocycles. The summed E-state index contributed by atoms with van der Waals surface area (Å²) in [6, 6.07) is 11.3. The second-order valence-corrected chi connectivity index (χ2v) is 8.45. The number of anilines is 2. The molecular weight excluding hydrogens is 366 g/mol. The number of para-hydroxylation sites is 1. The molecule has 1 fully saturated rings. The van der Waals surface area contributed by atoms with Crippen molar-refractivity contribution in [3.05, 3.63) is 53.6 Å². The fourth-order valence-corrected chi connectivity index (χ4v) is 4.12. The Kier molecular flexibility index (Phi) is 4.35. The molecule has 7 nitrogen and oxygen atoms in total. The lowest BCUT2D eigenvalue weighted by Gasteiger charge is -2.18. The average Bonchev–Trinajstić information content (AvgIpc) is 3.45. The lowest BCUT2D eigenvalue weighted by Crippen LogP contribution is -2.27. The minimum absolute atomic E-state index is 0.0770. The number of nitrogens with one attached hydrogen (secondary N) is 3. The Morgan fingerprint density at radius 1 is 1.07 bits per heavy atom. The van der Waals surface area contributed by atoms with Gasteiger partial charge in [-0.3, -0.25) is 14.3 Å². The van der Waals surface area contributed by atoms with Gasteiger partial charge in [0.15, 0.2) is 0 Å². The van der Waals surface area contributed by atoms with Gasteiger partial charge in [0.1, 0.15) is 0 Å². The van der Waals surface area contributed by atoms with E-state index in [1.807, 2.05) is 0 Å². The molecule has 2 aliphatic rings. The molecule has 8 heteroatoms. The third kappa shape index (κ3) is 3.80. The van der Waals surface area contributed by atoms with E-state index in [1.165, 1.54) is 6.07 Å². The monoisotopic (exact) mass is 385 g/mol. The molecular formula is C19H19N3O4S. The molecule has 4 rings (SSSR count). The number of aryl methyl sites for hydroxylation is 1. The van der Waals surface area contributed by atoms with Crippen molar-refractivity contribution < 1.29 is 18.0 Å². The summed E-state index contributed by atoms with van der Waals surface area (Å²) in [5, 5.41) is 5.60. The Hall–Kier alpha value is -2.87. The van der Waals surface area contributed by atoms with E-state index < -0.39 is 10.0 Å². The first-order valence-electron chi connectivity index (χ1n) is 8.78. The second kappa shape index (κ2) is 6.70. The van der Waals surface area contributed by atoms with Crippen LogP contribution in [0.2, 0.25) is 0 Å². The van der Waals surface area contributed by atoms with Crippen molar-refractivity contribution >= 4 is 33.2 Å². The molecule has 2 amide bonds. The van der Waals surface area contributed by atoms with Gasteiger partial charge in [-0.15, -0.1) is 0 Å². The smallest absolute Gasteiger partial charge is 0.261 e. The van der Waals surface area contributed by atoms with Crippen LogP contribution in [-0.2, 0) is 21.2 Å². The number of benzene rings is 2. The highest BCUT2D eigenvalue weighted by molar-refractivity contribution is 7.92. The fourth-order valence-electron chi connectivity index (χ4n) is 2.99. The third-order valence-corrected chi connectivity index (χ3v) is 5.97. The topological polar surface area (TPSA) is 104 Å². The zero-order chi connectivity index (χ0) is 19.0. The summed E-state index contributed by atoms with van der Waals surface area (Å²) < 4.78 is 28.2. The molecule has 0 atom stereocenters. The number of hydrogen-bond acceptors (Lipinski definition) is 4. The number of carbonyl (C=O) groups is 2. The van der Waals surface area contributed by atoms with Crippen LogP contribution in [0.3, 0.4) is 0 Å². The van der Waals surface area contributed by atoms with Crippen LogP contribution < -0.4 is 15.4 Å². The van der Waals surface area contributed by atoms with E-state index in [0.29, 0.717) is 18.5 Å². The van der Waals surface area contributed by atoms with Crippen molar-refractivity contribution in [2.45, 2.75) is 36.6 Å². The Bertz CT molecular complexity index is 1030.